The van der Waals surface area contributed by atoms with E-state index in [4.69, 9.17) is 4.74 Å². The van der Waals surface area contributed by atoms with Crippen molar-refractivity contribution in [2.45, 2.75) is 44.2 Å². The van der Waals surface area contributed by atoms with E-state index in [1.807, 2.05) is 0 Å². The van der Waals surface area contributed by atoms with Crippen LogP contribution in [-0.4, -0.2) is 37.1 Å². The third-order valence-electron chi connectivity index (χ3n) is 3.14. The summed E-state index contributed by atoms with van der Waals surface area (Å²) < 4.78 is 4.87. The minimum absolute atomic E-state index is 0.285. The van der Waals surface area contributed by atoms with E-state index < -0.39 is 11.9 Å². The molecule has 0 spiro atoms. The van der Waals surface area contributed by atoms with Crippen molar-refractivity contribution in [1.29, 1.82) is 0 Å². The molecule has 5 heteroatoms. The van der Waals surface area contributed by atoms with Gasteiger partial charge in [0, 0.05) is 0 Å². The van der Waals surface area contributed by atoms with Crippen LogP contribution in [0.3, 0.4) is 0 Å². The van der Waals surface area contributed by atoms with Gasteiger partial charge >= 0.3 is 11.9 Å². The summed E-state index contributed by atoms with van der Waals surface area (Å²) in [7, 11) is 0. The first-order valence-corrected chi connectivity index (χ1v) is 5.99. The van der Waals surface area contributed by atoms with Crippen molar-refractivity contribution in [2.75, 3.05) is 13.1 Å². The van der Waals surface area contributed by atoms with Crippen LogP contribution in [-0.2, 0) is 14.3 Å². The lowest BCUT2D eigenvalue weighted by Gasteiger charge is -2.21. The van der Waals surface area contributed by atoms with E-state index in [1.54, 1.807) is 0 Å². The maximum Gasteiger partial charge on any atom is 0.330 e. The van der Waals surface area contributed by atoms with Gasteiger partial charge < -0.3 is 15.4 Å². The zero-order valence-corrected chi connectivity index (χ0v) is 9.33. The Labute approximate surface area is 94.9 Å². The molecule has 2 aliphatic rings. The number of hydrogen-bond acceptors (Lipinski definition) is 5. The van der Waals surface area contributed by atoms with Gasteiger partial charge in [0.25, 0.3) is 0 Å². The molecule has 16 heavy (non-hydrogen) atoms. The van der Waals surface area contributed by atoms with Crippen LogP contribution in [0.5, 0.6) is 0 Å². The molecule has 2 atom stereocenters. The smallest absolute Gasteiger partial charge is 0.330 e. The molecule has 0 saturated carbocycles. The Hall–Kier alpha value is -0.940. The predicted octanol–water partition coefficient (Wildman–Crippen LogP) is -0.0497. The van der Waals surface area contributed by atoms with Gasteiger partial charge in [0.15, 0.2) is 0 Å². The van der Waals surface area contributed by atoms with Crippen molar-refractivity contribution in [1.82, 2.24) is 10.6 Å². The van der Waals surface area contributed by atoms with Gasteiger partial charge in [-0.15, -0.1) is 0 Å². The lowest BCUT2D eigenvalue weighted by Crippen LogP contribution is -2.44. The highest BCUT2D eigenvalue weighted by Crippen LogP contribution is 2.11. The fourth-order valence-electron chi connectivity index (χ4n) is 2.18. The molecule has 0 aromatic heterocycles. The van der Waals surface area contributed by atoms with E-state index in [0.29, 0.717) is 0 Å². The van der Waals surface area contributed by atoms with Gasteiger partial charge in [0.1, 0.15) is 12.1 Å². The number of piperidine rings is 1. The molecule has 2 saturated heterocycles. The van der Waals surface area contributed by atoms with Crippen molar-refractivity contribution in [3.63, 3.8) is 0 Å². The molecular formula is C11H18N2O3. The molecule has 0 aliphatic carbocycles. The minimum Gasteiger partial charge on any atom is -0.391 e. The van der Waals surface area contributed by atoms with Crippen LogP contribution in [0, 0.1) is 0 Å². The van der Waals surface area contributed by atoms with E-state index in [9.17, 15) is 9.59 Å². The largest absolute Gasteiger partial charge is 0.391 e. The lowest BCUT2D eigenvalue weighted by molar-refractivity contribution is -0.162. The van der Waals surface area contributed by atoms with Crippen molar-refractivity contribution in [3.8, 4) is 0 Å². The van der Waals surface area contributed by atoms with Crippen LogP contribution < -0.4 is 10.6 Å². The third-order valence-corrected chi connectivity index (χ3v) is 3.14. The zero-order valence-electron chi connectivity index (χ0n) is 9.33. The van der Waals surface area contributed by atoms with Gasteiger partial charge in [-0.05, 0) is 38.8 Å². The fraction of sp³-hybridized carbons (Fsp3) is 0.818. The summed E-state index contributed by atoms with van der Waals surface area (Å²) in [6.07, 6.45) is 4.61. The molecule has 0 aromatic rings. The lowest BCUT2D eigenvalue weighted by atomic mass is 10.1. The normalized spacial score (nSPS) is 30.0. The van der Waals surface area contributed by atoms with Gasteiger partial charge in [0.05, 0.1) is 0 Å². The number of nitrogens with one attached hydrogen (secondary N) is 2. The average molecular weight is 226 g/mol. The summed E-state index contributed by atoms with van der Waals surface area (Å²) in [4.78, 5) is 23.2. The maximum atomic E-state index is 11.6. The van der Waals surface area contributed by atoms with Crippen LogP contribution in [0.1, 0.15) is 32.1 Å². The maximum absolute atomic E-state index is 11.6. The molecule has 90 valence electrons. The first-order chi connectivity index (χ1) is 7.77. The molecule has 2 aliphatic heterocycles. The third kappa shape index (κ3) is 2.80. The average Bonchev–Trinajstić information content (AvgIpc) is 2.83. The van der Waals surface area contributed by atoms with Crippen LogP contribution in [0.25, 0.3) is 0 Å². The second kappa shape index (κ2) is 5.41. The molecule has 0 amide bonds. The summed E-state index contributed by atoms with van der Waals surface area (Å²) in [6.45, 7) is 1.66. The van der Waals surface area contributed by atoms with Crippen molar-refractivity contribution in [3.05, 3.63) is 0 Å². The first kappa shape index (κ1) is 11.5. The number of esters is 2. The highest BCUT2D eigenvalue weighted by Gasteiger charge is 2.29. The number of hydrogen-bond donors (Lipinski definition) is 2. The number of ether oxygens (including phenoxy) is 1. The molecule has 0 radical (unpaired) electrons. The molecule has 1 unspecified atom stereocenters. The highest BCUT2D eigenvalue weighted by atomic mass is 16.6. The Bertz CT molecular complexity index is 268. The van der Waals surface area contributed by atoms with E-state index in [2.05, 4.69) is 10.6 Å². The second-order valence-corrected chi connectivity index (χ2v) is 4.39. The molecule has 2 rings (SSSR count). The van der Waals surface area contributed by atoms with Gasteiger partial charge in [0.2, 0.25) is 0 Å². The number of carbonyl (C=O) groups is 2. The van der Waals surface area contributed by atoms with Gasteiger partial charge in [-0.2, -0.15) is 0 Å². The molecule has 0 aromatic carbocycles. The van der Waals surface area contributed by atoms with E-state index in [-0.39, 0.29) is 12.1 Å². The predicted molar refractivity (Wildman–Crippen MR) is 57.8 cm³/mol. The zero-order chi connectivity index (χ0) is 11.4. The molecule has 2 N–H and O–H groups in total. The summed E-state index contributed by atoms with van der Waals surface area (Å²) in [5.41, 5.74) is 0. The van der Waals surface area contributed by atoms with Crippen molar-refractivity contribution < 1.29 is 14.3 Å². The molecular weight excluding hydrogens is 208 g/mol. The highest BCUT2D eigenvalue weighted by molar-refractivity contribution is 5.91. The summed E-state index contributed by atoms with van der Waals surface area (Å²) >= 11 is 0. The Morgan fingerprint density at radius 1 is 0.875 bits per heavy atom. The molecule has 0 bridgehead atoms. The summed E-state index contributed by atoms with van der Waals surface area (Å²) in [6, 6.07) is -0.577. The first-order valence-electron chi connectivity index (χ1n) is 5.99. The van der Waals surface area contributed by atoms with E-state index >= 15 is 0 Å². The van der Waals surface area contributed by atoms with Crippen LogP contribution >= 0.6 is 0 Å². The topological polar surface area (TPSA) is 67.4 Å². The van der Waals surface area contributed by atoms with E-state index in [1.165, 1.54) is 0 Å². The summed E-state index contributed by atoms with van der Waals surface area (Å²) in [5.74, 6) is -0.840. The van der Waals surface area contributed by atoms with Gasteiger partial charge in [-0.1, -0.05) is 6.42 Å². The second-order valence-electron chi connectivity index (χ2n) is 4.39. The number of carbonyl (C=O) groups excluding carboxylic acids is 2. The quantitative estimate of drug-likeness (QED) is 0.510. The molecule has 2 heterocycles. The standard InChI is InChI=1S/C11H18N2O3/c14-10(8-4-1-2-6-12-8)16-11(15)9-5-3-7-13-9/h8-9,12-13H,1-7H2/t8?,9-/m0/s1. The number of rotatable bonds is 2. The van der Waals surface area contributed by atoms with Crippen molar-refractivity contribution in [2.24, 2.45) is 0 Å². The SMILES string of the molecule is O=C(OC(=O)[C@@H]1CCCN1)C1CCCCN1. The fourth-order valence-corrected chi connectivity index (χ4v) is 2.18. The van der Waals surface area contributed by atoms with Gasteiger partial charge in [-0.25, -0.2) is 9.59 Å². The Morgan fingerprint density at radius 3 is 1.88 bits per heavy atom. The minimum atomic E-state index is -0.421. The monoisotopic (exact) mass is 226 g/mol. The van der Waals surface area contributed by atoms with Crippen LogP contribution in [0.4, 0.5) is 0 Å². The van der Waals surface area contributed by atoms with Crippen LogP contribution in [0.15, 0.2) is 0 Å². The molecule has 5 nitrogen and oxygen atoms in total. The molecule has 2 fully saturated rings. The summed E-state index contributed by atoms with van der Waals surface area (Å²) in [5, 5.41) is 6.09. The van der Waals surface area contributed by atoms with Crippen molar-refractivity contribution >= 4 is 11.9 Å². The Morgan fingerprint density at radius 2 is 1.44 bits per heavy atom. The van der Waals surface area contributed by atoms with E-state index in [0.717, 1.165) is 45.2 Å². The van der Waals surface area contributed by atoms with Crippen LogP contribution in [0.2, 0.25) is 0 Å². The Balaban J connectivity index is 1.79. The Kier molecular flexibility index (Phi) is 3.90. The van der Waals surface area contributed by atoms with Gasteiger partial charge in [-0.3, -0.25) is 0 Å².